The Kier molecular flexibility index (Phi) is 4.49. The molecule has 0 saturated carbocycles. The molecule has 0 heterocycles. The molecule has 0 aliphatic heterocycles. The van der Waals surface area contributed by atoms with Crippen LogP contribution in [-0.4, -0.2) is 7.11 Å². The summed E-state index contributed by atoms with van der Waals surface area (Å²) in [6.45, 7) is 4.25. The molecule has 0 aromatic heterocycles. The van der Waals surface area contributed by atoms with Crippen molar-refractivity contribution in [2.24, 2.45) is 0 Å². The van der Waals surface area contributed by atoms with Crippen molar-refractivity contribution in [3.8, 4) is 5.75 Å². The van der Waals surface area contributed by atoms with Gasteiger partial charge in [-0.1, -0.05) is 36.4 Å². The maximum absolute atomic E-state index is 6.54. The fourth-order valence-electron chi connectivity index (χ4n) is 2.17. The van der Waals surface area contributed by atoms with Gasteiger partial charge in [0.2, 0.25) is 0 Å². The second-order valence-corrected chi connectivity index (χ2v) is 5.36. The Balaban J connectivity index is 2.20. The predicted molar refractivity (Wildman–Crippen MR) is 81.2 cm³/mol. The molecule has 2 heteroatoms. The second-order valence-electron chi connectivity index (χ2n) is 4.83. The zero-order chi connectivity index (χ0) is 13.8. The van der Waals surface area contributed by atoms with Gasteiger partial charge in [-0.05, 0) is 43.0 Å². The van der Waals surface area contributed by atoms with Crippen LogP contribution in [0.5, 0.6) is 5.75 Å². The fourth-order valence-corrected chi connectivity index (χ4v) is 2.53. The topological polar surface area (TPSA) is 9.23 Å². The van der Waals surface area contributed by atoms with Crippen LogP contribution in [0.15, 0.2) is 42.5 Å². The van der Waals surface area contributed by atoms with Crippen LogP contribution in [0.2, 0.25) is 0 Å². The van der Waals surface area contributed by atoms with E-state index in [1.54, 1.807) is 7.11 Å². The minimum Gasteiger partial charge on any atom is -0.496 e. The number of ether oxygens (including phenoxy) is 1. The van der Waals surface area contributed by atoms with Crippen molar-refractivity contribution >= 4 is 11.6 Å². The number of benzene rings is 2. The Labute approximate surface area is 120 Å². The molecule has 0 aliphatic carbocycles. The Morgan fingerprint density at radius 2 is 1.79 bits per heavy atom. The molecule has 19 heavy (non-hydrogen) atoms. The van der Waals surface area contributed by atoms with Crippen molar-refractivity contribution in [1.82, 2.24) is 0 Å². The van der Waals surface area contributed by atoms with E-state index in [2.05, 4.69) is 32.0 Å². The second kappa shape index (κ2) is 6.12. The minimum absolute atomic E-state index is 0.0711. The van der Waals surface area contributed by atoms with Crippen LogP contribution in [0.3, 0.4) is 0 Å². The number of rotatable bonds is 4. The molecule has 2 aromatic carbocycles. The number of aryl methyl sites for hydroxylation is 2. The van der Waals surface area contributed by atoms with E-state index in [9.17, 15) is 0 Å². The SMILES string of the molecule is COc1ccccc1C(Cl)Cc1ccc(C)c(C)c1. The molecule has 100 valence electrons. The van der Waals surface area contributed by atoms with E-state index in [1.165, 1.54) is 16.7 Å². The van der Waals surface area contributed by atoms with Gasteiger partial charge in [0.15, 0.2) is 0 Å². The van der Waals surface area contributed by atoms with Crippen molar-refractivity contribution in [3.63, 3.8) is 0 Å². The van der Waals surface area contributed by atoms with E-state index in [0.29, 0.717) is 0 Å². The molecule has 0 fully saturated rings. The predicted octanol–water partition coefficient (Wildman–Crippen LogP) is 4.83. The van der Waals surface area contributed by atoms with E-state index < -0.39 is 0 Å². The third-order valence-electron chi connectivity index (χ3n) is 3.46. The lowest BCUT2D eigenvalue weighted by Gasteiger charge is -2.14. The molecule has 1 unspecified atom stereocenters. The highest BCUT2D eigenvalue weighted by Crippen LogP contribution is 2.32. The Hall–Kier alpha value is -1.47. The standard InChI is InChI=1S/C17H19ClO/c1-12-8-9-14(10-13(12)2)11-16(18)15-6-4-5-7-17(15)19-3/h4-10,16H,11H2,1-3H3. The molecule has 0 spiro atoms. The molecular formula is C17H19ClO. The number of hydrogen-bond acceptors (Lipinski definition) is 1. The summed E-state index contributed by atoms with van der Waals surface area (Å²) in [7, 11) is 1.68. The van der Waals surface area contributed by atoms with Gasteiger partial charge in [-0.3, -0.25) is 0 Å². The summed E-state index contributed by atoms with van der Waals surface area (Å²) < 4.78 is 5.36. The first-order valence-corrected chi connectivity index (χ1v) is 6.88. The average Bonchev–Trinajstić information content (AvgIpc) is 2.43. The maximum Gasteiger partial charge on any atom is 0.123 e. The fraction of sp³-hybridized carbons (Fsp3) is 0.294. The number of alkyl halides is 1. The van der Waals surface area contributed by atoms with Crippen LogP contribution in [-0.2, 0) is 6.42 Å². The molecule has 0 aliphatic rings. The molecule has 0 radical (unpaired) electrons. The molecule has 2 aromatic rings. The summed E-state index contributed by atoms with van der Waals surface area (Å²) in [6, 6.07) is 14.4. The summed E-state index contributed by atoms with van der Waals surface area (Å²) >= 11 is 6.54. The van der Waals surface area contributed by atoms with Crippen LogP contribution < -0.4 is 4.74 Å². The van der Waals surface area contributed by atoms with Gasteiger partial charge in [0, 0.05) is 5.56 Å². The first kappa shape index (κ1) is 14.0. The van der Waals surface area contributed by atoms with Crippen molar-refractivity contribution in [2.45, 2.75) is 25.6 Å². The zero-order valence-electron chi connectivity index (χ0n) is 11.6. The average molecular weight is 275 g/mol. The van der Waals surface area contributed by atoms with Gasteiger partial charge in [-0.2, -0.15) is 0 Å². The molecule has 1 atom stereocenters. The molecule has 0 N–H and O–H groups in total. The highest BCUT2D eigenvalue weighted by molar-refractivity contribution is 6.21. The van der Waals surface area contributed by atoms with Gasteiger partial charge in [-0.25, -0.2) is 0 Å². The van der Waals surface area contributed by atoms with Crippen LogP contribution >= 0.6 is 11.6 Å². The molecule has 0 amide bonds. The summed E-state index contributed by atoms with van der Waals surface area (Å²) in [5.41, 5.74) is 4.92. The molecule has 1 nitrogen and oxygen atoms in total. The van der Waals surface area contributed by atoms with E-state index >= 15 is 0 Å². The van der Waals surface area contributed by atoms with Gasteiger partial charge < -0.3 is 4.74 Å². The lowest BCUT2D eigenvalue weighted by molar-refractivity contribution is 0.409. The Morgan fingerprint density at radius 3 is 2.47 bits per heavy atom. The minimum atomic E-state index is -0.0711. The van der Waals surface area contributed by atoms with E-state index in [1.807, 2.05) is 24.3 Å². The smallest absolute Gasteiger partial charge is 0.123 e. The summed E-state index contributed by atoms with van der Waals surface area (Å²) in [6.07, 6.45) is 0.809. The van der Waals surface area contributed by atoms with Gasteiger partial charge in [0.1, 0.15) is 5.75 Å². The van der Waals surface area contributed by atoms with Gasteiger partial charge in [0.25, 0.3) is 0 Å². The van der Waals surface area contributed by atoms with Crippen molar-refractivity contribution in [3.05, 3.63) is 64.7 Å². The normalized spacial score (nSPS) is 12.2. The van der Waals surface area contributed by atoms with Crippen LogP contribution in [0.25, 0.3) is 0 Å². The van der Waals surface area contributed by atoms with Gasteiger partial charge in [0.05, 0.1) is 12.5 Å². The van der Waals surface area contributed by atoms with E-state index in [4.69, 9.17) is 16.3 Å². The van der Waals surface area contributed by atoms with Gasteiger partial charge in [-0.15, -0.1) is 11.6 Å². The Bertz CT molecular complexity index is 563. The first-order valence-electron chi connectivity index (χ1n) is 6.45. The van der Waals surface area contributed by atoms with E-state index in [0.717, 1.165) is 17.7 Å². The molecule has 0 saturated heterocycles. The number of hydrogen-bond donors (Lipinski definition) is 0. The third-order valence-corrected chi connectivity index (χ3v) is 3.85. The van der Waals surface area contributed by atoms with Crippen molar-refractivity contribution in [1.29, 1.82) is 0 Å². The summed E-state index contributed by atoms with van der Waals surface area (Å²) in [5.74, 6) is 0.853. The van der Waals surface area contributed by atoms with Crippen molar-refractivity contribution < 1.29 is 4.74 Å². The van der Waals surface area contributed by atoms with Crippen molar-refractivity contribution in [2.75, 3.05) is 7.11 Å². The van der Waals surface area contributed by atoms with Crippen LogP contribution in [0.4, 0.5) is 0 Å². The largest absolute Gasteiger partial charge is 0.496 e. The molecule has 0 bridgehead atoms. The highest BCUT2D eigenvalue weighted by Gasteiger charge is 2.13. The molecular weight excluding hydrogens is 256 g/mol. The lowest BCUT2D eigenvalue weighted by atomic mass is 10.00. The lowest BCUT2D eigenvalue weighted by Crippen LogP contribution is -1.99. The van der Waals surface area contributed by atoms with E-state index in [-0.39, 0.29) is 5.38 Å². The third kappa shape index (κ3) is 3.30. The van der Waals surface area contributed by atoms with Gasteiger partial charge >= 0.3 is 0 Å². The zero-order valence-corrected chi connectivity index (χ0v) is 12.4. The first-order chi connectivity index (χ1) is 9.11. The number of halogens is 1. The summed E-state index contributed by atoms with van der Waals surface area (Å²) in [4.78, 5) is 0. The monoisotopic (exact) mass is 274 g/mol. The Morgan fingerprint density at radius 1 is 1.05 bits per heavy atom. The van der Waals surface area contributed by atoms with Crippen LogP contribution in [0.1, 0.15) is 27.6 Å². The summed E-state index contributed by atoms with van der Waals surface area (Å²) in [5, 5.41) is -0.0711. The maximum atomic E-state index is 6.54. The quantitative estimate of drug-likeness (QED) is 0.725. The molecule has 2 rings (SSSR count). The van der Waals surface area contributed by atoms with Crippen LogP contribution in [0, 0.1) is 13.8 Å². The number of para-hydroxylation sites is 1. The highest BCUT2D eigenvalue weighted by atomic mass is 35.5. The number of methoxy groups -OCH3 is 1.